The Morgan fingerprint density at radius 2 is 1.89 bits per heavy atom. The number of hydrogen-bond acceptors (Lipinski definition) is 3. The van der Waals surface area contributed by atoms with Crippen molar-refractivity contribution in [3.8, 4) is 17.0 Å². The van der Waals surface area contributed by atoms with Crippen LogP contribution in [0.25, 0.3) is 11.3 Å². The first-order valence-corrected chi connectivity index (χ1v) is 6.27. The smallest absolute Gasteiger partial charge is 0.138 e. The van der Waals surface area contributed by atoms with Gasteiger partial charge < -0.3 is 14.8 Å². The molecule has 2 rings (SSSR count). The lowest BCUT2D eigenvalue weighted by atomic mass is 10.0. The lowest BCUT2D eigenvalue weighted by molar-refractivity contribution is 0.0697. The maximum absolute atomic E-state index is 9.94. The van der Waals surface area contributed by atoms with Gasteiger partial charge in [0.05, 0.1) is 19.0 Å². The molecule has 0 amide bonds. The van der Waals surface area contributed by atoms with Gasteiger partial charge in [-0.3, -0.25) is 0 Å². The summed E-state index contributed by atoms with van der Waals surface area (Å²) < 4.78 is 5.31. The zero-order valence-electron chi connectivity index (χ0n) is 12.0. The third-order valence-electron chi connectivity index (χ3n) is 3.40. The number of aromatic nitrogens is 2. The standard InChI is InChI=1S/C15H20N2O2/c1-9-10(2)13(19-5)7-6-11(9)12-8-16-14(17-12)15(3,4)18/h6-8,18H,1-5H3,(H,16,17). The molecule has 0 aliphatic carbocycles. The van der Waals surface area contributed by atoms with Gasteiger partial charge in [0.1, 0.15) is 17.2 Å². The van der Waals surface area contributed by atoms with Gasteiger partial charge in [0.15, 0.2) is 0 Å². The van der Waals surface area contributed by atoms with Crippen molar-refractivity contribution in [2.24, 2.45) is 0 Å². The fourth-order valence-corrected chi connectivity index (χ4v) is 2.08. The van der Waals surface area contributed by atoms with E-state index in [1.54, 1.807) is 27.2 Å². The van der Waals surface area contributed by atoms with Crippen LogP contribution in [-0.4, -0.2) is 22.2 Å². The average molecular weight is 260 g/mol. The number of hydrogen-bond donors (Lipinski definition) is 2. The fourth-order valence-electron chi connectivity index (χ4n) is 2.08. The maximum Gasteiger partial charge on any atom is 0.138 e. The molecule has 1 heterocycles. The highest BCUT2D eigenvalue weighted by atomic mass is 16.5. The normalized spacial score (nSPS) is 11.7. The molecule has 2 N–H and O–H groups in total. The second kappa shape index (κ2) is 4.70. The first kappa shape index (κ1) is 13.6. The summed E-state index contributed by atoms with van der Waals surface area (Å²) >= 11 is 0. The van der Waals surface area contributed by atoms with Gasteiger partial charge in [-0.1, -0.05) is 0 Å². The molecule has 0 bridgehead atoms. The van der Waals surface area contributed by atoms with Gasteiger partial charge >= 0.3 is 0 Å². The van der Waals surface area contributed by atoms with Crippen LogP contribution < -0.4 is 4.74 Å². The van der Waals surface area contributed by atoms with Gasteiger partial charge in [-0.05, 0) is 51.0 Å². The number of imidazole rings is 1. The number of benzene rings is 1. The highest BCUT2D eigenvalue weighted by Gasteiger charge is 2.20. The number of H-pyrrole nitrogens is 1. The topological polar surface area (TPSA) is 58.1 Å². The van der Waals surface area contributed by atoms with Crippen LogP contribution in [0, 0.1) is 13.8 Å². The predicted molar refractivity (Wildman–Crippen MR) is 75.3 cm³/mol. The summed E-state index contributed by atoms with van der Waals surface area (Å²) in [5.74, 6) is 1.44. The Morgan fingerprint density at radius 1 is 1.21 bits per heavy atom. The van der Waals surface area contributed by atoms with E-state index in [1.165, 1.54) is 0 Å². The minimum Gasteiger partial charge on any atom is -0.496 e. The van der Waals surface area contributed by atoms with Crippen molar-refractivity contribution in [3.05, 3.63) is 35.3 Å². The summed E-state index contributed by atoms with van der Waals surface area (Å²) in [6.07, 6.45) is 1.75. The van der Waals surface area contributed by atoms with E-state index in [9.17, 15) is 5.11 Å². The van der Waals surface area contributed by atoms with Crippen molar-refractivity contribution < 1.29 is 9.84 Å². The summed E-state index contributed by atoms with van der Waals surface area (Å²) in [5.41, 5.74) is 3.26. The molecule has 0 spiro atoms. The lowest BCUT2D eigenvalue weighted by Crippen LogP contribution is -2.17. The van der Waals surface area contributed by atoms with Crippen LogP contribution in [0.15, 0.2) is 18.3 Å². The van der Waals surface area contributed by atoms with Gasteiger partial charge in [-0.15, -0.1) is 0 Å². The molecule has 0 fully saturated rings. The minimum absolute atomic E-state index is 0.565. The number of nitrogens with one attached hydrogen (secondary N) is 1. The molecule has 0 radical (unpaired) electrons. The van der Waals surface area contributed by atoms with Gasteiger partial charge in [-0.2, -0.15) is 0 Å². The van der Waals surface area contributed by atoms with Crippen LogP contribution in [0.4, 0.5) is 0 Å². The quantitative estimate of drug-likeness (QED) is 0.892. The van der Waals surface area contributed by atoms with E-state index in [4.69, 9.17) is 4.74 Å². The molecule has 0 aliphatic rings. The molecule has 0 aliphatic heterocycles. The molecule has 2 aromatic rings. The number of aliphatic hydroxyl groups is 1. The SMILES string of the molecule is COc1ccc(-c2cnc(C(C)(C)O)[nH]2)c(C)c1C. The molecule has 4 heteroatoms. The molecule has 0 unspecified atom stereocenters. The van der Waals surface area contributed by atoms with Gasteiger partial charge in [0, 0.05) is 5.56 Å². The van der Waals surface area contributed by atoms with Gasteiger partial charge in [-0.25, -0.2) is 4.98 Å². The molecule has 0 atom stereocenters. The molecular formula is C15H20N2O2. The van der Waals surface area contributed by atoms with E-state index < -0.39 is 5.60 Å². The third-order valence-corrected chi connectivity index (χ3v) is 3.40. The molecule has 102 valence electrons. The van der Waals surface area contributed by atoms with Crippen LogP contribution in [0.5, 0.6) is 5.75 Å². The van der Waals surface area contributed by atoms with Crippen LogP contribution in [-0.2, 0) is 5.60 Å². The number of methoxy groups -OCH3 is 1. The number of ether oxygens (including phenoxy) is 1. The molecular weight excluding hydrogens is 240 g/mol. The Morgan fingerprint density at radius 3 is 2.42 bits per heavy atom. The Kier molecular flexibility index (Phi) is 3.37. The Balaban J connectivity index is 2.48. The monoisotopic (exact) mass is 260 g/mol. The van der Waals surface area contributed by atoms with E-state index in [0.29, 0.717) is 5.82 Å². The molecule has 19 heavy (non-hydrogen) atoms. The Labute approximate surface area is 113 Å². The zero-order chi connectivity index (χ0) is 14.2. The van der Waals surface area contributed by atoms with E-state index in [2.05, 4.69) is 16.9 Å². The highest BCUT2D eigenvalue weighted by Crippen LogP contribution is 2.31. The Bertz CT molecular complexity index is 595. The van der Waals surface area contributed by atoms with Crippen molar-refractivity contribution in [1.29, 1.82) is 0 Å². The van der Waals surface area contributed by atoms with Gasteiger partial charge in [0.25, 0.3) is 0 Å². The van der Waals surface area contributed by atoms with Crippen LogP contribution in [0.2, 0.25) is 0 Å². The molecule has 1 aromatic carbocycles. The number of aromatic amines is 1. The van der Waals surface area contributed by atoms with Crippen molar-refractivity contribution >= 4 is 0 Å². The second-order valence-electron chi connectivity index (χ2n) is 5.27. The largest absolute Gasteiger partial charge is 0.496 e. The first-order chi connectivity index (χ1) is 8.84. The summed E-state index contributed by atoms with van der Waals surface area (Å²) in [5, 5.41) is 9.94. The summed E-state index contributed by atoms with van der Waals surface area (Å²) in [7, 11) is 1.67. The molecule has 4 nitrogen and oxygen atoms in total. The minimum atomic E-state index is -0.965. The van der Waals surface area contributed by atoms with Crippen molar-refractivity contribution in [2.45, 2.75) is 33.3 Å². The fraction of sp³-hybridized carbons (Fsp3) is 0.400. The predicted octanol–water partition coefficient (Wildman–Crippen LogP) is 2.93. The lowest BCUT2D eigenvalue weighted by Gasteiger charge is -2.14. The van der Waals surface area contributed by atoms with Crippen molar-refractivity contribution in [2.75, 3.05) is 7.11 Å². The second-order valence-corrected chi connectivity index (χ2v) is 5.27. The highest BCUT2D eigenvalue weighted by molar-refractivity contribution is 5.66. The summed E-state index contributed by atoms with van der Waals surface area (Å²) in [4.78, 5) is 7.41. The molecule has 0 saturated heterocycles. The first-order valence-electron chi connectivity index (χ1n) is 6.27. The van der Waals surface area contributed by atoms with Crippen LogP contribution in [0.3, 0.4) is 0 Å². The summed E-state index contributed by atoms with van der Waals surface area (Å²) in [6.45, 7) is 7.51. The van der Waals surface area contributed by atoms with Crippen LogP contribution >= 0.6 is 0 Å². The summed E-state index contributed by atoms with van der Waals surface area (Å²) in [6, 6.07) is 3.95. The number of nitrogens with zero attached hydrogens (tertiary/aromatic N) is 1. The van der Waals surface area contributed by atoms with E-state index in [-0.39, 0.29) is 0 Å². The maximum atomic E-state index is 9.94. The van der Waals surface area contributed by atoms with E-state index >= 15 is 0 Å². The average Bonchev–Trinajstić information content (AvgIpc) is 2.81. The molecule has 0 saturated carbocycles. The Hall–Kier alpha value is -1.81. The van der Waals surface area contributed by atoms with Crippen LogP contribution in [0.1, 0.15) is 30.8 Å². The van der Waals surface area contributed by atoms with Crippen molar-refractivity contribution in [1.82, 2.24) is 9.97 Å². The molecule has 1 aromatic heterocycles. The van der Waals surface area contributed by atoms with E-state index in [1.807, 2.05) is 19.1 Å². The zero-order valence-corrected chi connectivity index (χ0v) is 12.0. The third kappa shape index (κ3) is 2.49. The number of rotatable bonds is 3. The van der Waals surface area contributed by atoms with E-state index in [0.717, 1.165) is 28.1 Å². The van der Waals surface area contributed by atoms with Crippen molar-refractivity contribution in [3.63, 3.8) is 0 Å². The van der Waals surface area contributed by atoms with Gasteiger partial charge in [0.2, 0.25) is 0 Å².